The normalized spacial score (nSPS) is 14.3. The van der Waals surface area contributed by atoms with Crippen molar-refractivity contribution in [3.05, 3.63) is 22.7 Å². The first kappa shape index (κ1) is 17.0. The first-order valence-electron chi connectivity index (χ1n) is 6.38. The van der Waals surface area contributed by atoms with Gasteiger partial charge in [0.25, 0.3) is 0 Å². The van der Waals surface area contributed by atoms with Crippen LogP contribution in [0.2, 0.25) is 5.02 Å². The number of likely N-dealkylation sites (N-methyl/N-ethyl adjacent to an activating group) is 1. The molecule has 0 heterocycles. The van der Waals surface area contributed by atoms with Crippen molar-refractivity contribution < 1.29 is 14.9 Å². The molecule has 0 amide bonds. The number of halogens is 1. The van der Waals surface area contributed by atoms with Crippen molar-refractivity contribution in [2.45, 2.75) is 19.1 Å². The number of phenolic OH excluding ortho intramolecular Hbond substituents is 1. The molecule has 0 fully saturated rings. The molecule has 0 spiro atoms. The molecule has 0 aromatic heterocycles. The number of benzene rings is 1. The number of nitrogens with one attached hydrogen (secondary N) is 1. The van der Waals surface area contributed by atoms with Gasteiger partial charge < -0.3 is 25.2 Å². The lowest BCUT2D eigenvalue weighted by Crippen LogP contribution is -2.45. The summed E-state index contributed by atoms with van der Waals surface area (Å²) in [4.78, 5) is 1.92. The van der Waals surface area contributed by atoms with E-state index in [0.29, 0.717) is 36.0 Å². The Morgan fingerprint density at radius 1 is 1.40 bits per heavy atom. The quantitative estimate of drug-likeness (QED) is 0.711. The minimum Gasteiger partial charge on any atom is -0.504 e. The highest BCUT2D eigenvalue weighted by Crippen LogP contribution is 2.33. The maximum Gasteiger partial charge on any atom is 0.162 e. The molecule has 1 rings (SSSR count). The van der Waals surface area contributed by atoms with E-state index >= 15 is 0 Å². The van der Waals surface area contributed by atoms with Crippen LogP contribution in [0.1, 0.15) is 12.5 Å². The van der Waals surface area contributed by atoms with Gasteiger partial charge in [0.1, 0.15) is 0 Å². The molecule has 0 bridgehead atoms. The number of aliphatic hydroxyl groups is 1. The third kappa shape index (κ3) is 5.17. The number of hydrogen-bond acceptors (Lipinski definition) is 5. The summed E-state index contributed by atoms with van der Waals surface area (Å²) < 4.78 is 5.05. The fourth-order valence-corrected chi connectivity index (χ4v) is 2.35. The summed E-state index contributed by atoms with van der Waals surface area (Å²) in [5, 5.41) is 23.8. The molecule has 0 saturated heterocycles. The molecule has 0 aliphatic carbocycles. The number of phenols is 1. The van der Waals surface area contributed by atoms with E-state index in [0.717, 1.165) is 0 Å². The zero-order valence-electron chi connectivity index (χ0n) is 12.4. The summed E-state index contributed by atoms with van der Waals surface area (Å²) in [5.41, 5.74) is -0.211. The van der Waals surface area contributed by atoms with Crippen molar-refractivity contribution in [1.82, 2.24) is 10.2 Å². The SMILES string of the molecule is COc1cc(Cl)cc(CNCC(C)(O)CN(C)C)c1O. The van der Waals surface area contributed by atoms with Gasteiger partial charge in [0.2, 0.25) is 0 Å². The van der Waals surface area contributed by atoms with Gasteiger partial charge in [-0.2, -0.15) is 0 Å². The Hall–Kier alpha value is -1.01. The van der Waals surface area contributed by atoms with Gasteiger partial charge in [-0.3, -0.25) is 0 Å². The standard InChI is InChI=1S/C14H23ClN2O3/c1-14(19,9-17(2)3)8-16-7-10-5-11(15)6-12(20-4)13(10)18/h5-6,16,18-19H,7-9H2,1-4H3. The Bertz CT molecular complexity index is 450. The van der Waals surface area contributed by atoms with E-state index in [1.165, 1.54) is 7.11 Å². The largest absolute Gasteiger partial charge is 0.504 e. The summed E-state index contributed by atoms with van der Waals surface area (Å²) in [6, 6.07) is 3.23. The molecule has 0 aliphatic heterocycles. The van der Waals surface area contributed by atoms with Crippen molar-refractivity contribution in [3.63, 3.8) is 0 Å². The first-order valence-corrected chi connectivity index (χ1v) is 6.76. The van der Waals surface area contributed by atoms with Crippen LogP contribution >= 0.6 is 11.6 Å². The minimum atomic E-state index is -0.845. The number of hydrogen-bond donors (Lipinski definition) is 3. The Morgan fingerprint density at radius 3 is 2.60 bits per heavy atom. The molecule has 6 heteroatoms. The van der Waals surface area contributed by atoms with Gasteiger partial charge in [-0.1, -0.05) is 11.6 Å². The maximum absolute atomic E-state index is 10.2. The van der Waals surface area contributed by atoms with Gasteiger partial charge in [0.05, 0.1) is 12.7 Å². The molecular formula is C14H23ClN2O3. The average Bonchev–Trinajstić information content (AvgIpc) is 2.31. The van der Waals surface area contributed by atoms with E-state index in [1.807, 2.05) is 19.0 Å². The van der Waals surface area contributed by atoms with Crippen molar-refractivity contribution >= 4 is 11.6 Å². The molecule has 5 nitrogen and oxygen atoms in total. The summed E-state index contributed by atoms with van der Waals surface area (Å²) >= 11 is 5.96. The van der Waals surface area contributed by atoms with E-state index in [1.54, 1.807) is 19.1 Å². The Labute approximate surface area is 125 Å². The van der Waals surface area contributed by atoms with E-state index in [4.69, 9.17) is 16.3 Å². The number of rotatable bonds is 7. The minimum absolute atomic E-state index is 0.0663. The number of methoxy groups -OCH3 is 1. The molecule has 0 aliphatic rings. The smallest absolute Gasteiger partial charge is 0.162 e. The fourth-order valence-electron chi connectivity index (χ4n) is 2.12. The Morgan fingerprint density at radius 2 is 2.05 bits per heavy atom. The van der Waals surface area contributed by atoms with Gasteiger partial charge in [0, 0.05) is 36.3 Å². The first-order chi connectivity index (χ1) is 9.25. The summed E-state index contributed by atoms with van der Waals surface area (Å²) in [6.45, 7) is 3.11. The Balaban J connectivity index is 2.64. The molecule has 0 radical (unpaired) electrons. The maximum atomic E-state index is 10.2. The third-order valence-electron chi connectivity index (χ3n) is 2.82. The lowest BCUT2D eigenvalue weighted by atomic mass is 10.1. The molecular weight excluding hydrogens is 280 g/mol. The predicted molar refractivity (Wildman–Crippen MR) is 80.6 cm³/mol. The Kier molecular flexibility index (Phi) is 6.07. The van der Waals surface area contributed by atoms with Crippen molar-refractivity contribution in [3.8, 4) is 11.5 Å². The highest BCUT2D eigenvalue weighted by atomic mass is 35.5. The molecule has 0 saturated carbocycles. The lowest BCUT2D eigenvalue weighted by Gasteiger charge is -2.27. The van der Waals surface area contributed by atoms with Crippen LogP contribution in [-0.4, -0.2) is 55.0 Å². The van der Waals surface area contributed by atoms with Crippen LogP contribution in [-0.2, 0) is 6.54 Å². The van der Waals surface area contributed by atoms with Crippen molar-refractivity contribution in [2.24, 2.45) is 0 Å². The molecule has 1 aromatic rings. The molecule has 1 atom stereocenters. The zero-order chi connectivity index (χ0) is 15.3. The van der Waals surface area contributed by atoms with E-state index in [2.05, 4.69) is 5.32 Å². The van der Waals surface area contributed by atoms with Crippen LogP contribution in [0.25, 0.3) is 0 Å². The third-order valence-corrected chi connectivity index (χ3v) is 3.03. The highest BCUT2D eigenvalue weighted by molar-refractivity contribution is 6.30. The molecule has 1 aromatic carbocycles. The molecule has 20 heavy (non-hydrogen) atoms. The van der Waals surface area contributed by atoms with Gasteiger partial charge in [0.15, 0.2) is 11.5 Å². The zero-order valence-corrected chi connectivity index (χ0v) is 13.2. The van der Waals surface area contributed by atoms with Gasteiger partial charge in [-0.25, -0.2) is 0 Å². The molecule has 114 valence electrons. The monoisotopic (exact) mass is 302 g/mol. The van der Waals surface area contributed by atoms with E-state index in [9.17, 15) is 10.2 Å². The topological polar surface area (TPSA) is 65.0 Å². The second-order valence-electron chi connectivity index (χ2n) is 5.45. The van der Waals surface area contributed by atoms with E-state index in [-0.39, 0.29) is 5.75 Å². The van der Waals surface area contributed by atoms with Crippen LogP contribution in [0.3, 0.4) is 0 Å². The van der Waals surface area contributed by atoms with Crippen LogP contribution < -0.4 is 10.1 Å². The number of nitrogens with zero attached hydrogens (tertiary/aromatic N) is 1. The van der Waals surface area contributed by atoms with E-state index < -0.39 is 5.60 Å². The molecule has 1 unspecified atom stereocenters. The summed E-state index contributed by atoms with van der Waals surface area (Å²) in [5.74, 6) is 0.408. The van der Waals surface area contributed by atoms with Crippen LogP contribution in [0.15, 0.2) is 12.1 Å². The predicted octanol–water partition coefficient (Wildman–Crippen LogP) is 1.46. The highest BCUT2D eigenvalue weighted by Gasteiger charge is 2.21. The number of ether oxygens (including phenoxy) is 1. The van der Waals surface area contributed by atoms with Crippen molar-refractivity contribution in [2.75, 3.05) is 34.3 Å². The van der Waals surface area contributed by atoms with Gasteiger partial charge in [-0.05, 0) is 27.1 Å². The average molecular weight is 303 g/mol. The molecule has 3 N–H and O–H groups in total. The van der Waals surface area contributed by atoms with Crippen LogP contribution in [0.5, 0.6) is 11.5 Å². The summed E-state index contributed by atoms with van der Waals surface area (Å²) in [7, 11) is 5.29. The number of aromatic hydroxyl groups is 1. The van der Waals surface area contributed by atoms with Crippen LogP contribution in [0.4, 0.5) is 0 Å². The van der Waals surface area contributed by atoms with Crippen molar-refractivity contribution in [1.29, 1.82) is 0 Å². The second-order valence-corrected chi connectivity index (χ2v) is 5.89. The second kappa shape index (κ2) is 7.13. The van der Waals surface area contributed by atoms with Gasteiger partial charge in [-0.15, -0.1) is 0 Å². The van der Waals surface area contributed by atoms with Crippen LogP contribution in [0, 0.1) is 0 Å². The van der Waals surface area contributed by atoms with Gasteiger partial charge >= 0.3 is 0 Å². The fraction of sp³-hybridized carbons (Fsp3) is 0.571. The summed E-state index contributed by atoms with van der Waals surface area (Å²) in [6.07, 6.45) is 0. The lowest BCUT2D eigenvalue weighted by molar-refractivity contribution is 0.0335.